The van der Waals surface area contributed by atoms with Gasteiger partial charge in [-0.05, 0) is 30.4 Å². The van der Waals surface area contributed by atoms with Crippen LogP contribution < -0.4 is 11.3 Å². The van der Waals surface area contributed by atoms with E-state index in [0.717, 1.165) is 37.3 Å². The summed E-state index contributed by atoms with van der Waals surface area (Å²) in [5.41, 5.74) is 9.95. The second kappa shape index (κ2) is 5.24. The molecule has 1 aliphatic rings. The molecular formula is C14H23N3O. The predicted molar refractivity (Wildman–Crippen MR) is 73.5 cm³/mol. The van der Waals surface area contributed by atoms with E-state index in [1.165, 1.54) is 11.1 Å². The van der Waals surface area contributed by atoms with Gasteiger partial charge in [0.2, 0.25) is 0 Å². The highest BCUT2D eigenvalue weighted by molar-refractivity contribution is 5.38. The Morgan fingerprint density at radius 1 is 1.39 bits per heavy atom. The molecule has 18 heavy (non-hydrogen) atoms. The van der Waals surface area contributed by atoms with Crippen molar-refractivity contribution >= 4 is 0 Å². The molecule has 4 nitrogen and oxygen atoms in total. The minimum Gasteiger partial charge on any atom is -0.326 e. The molecule has 0 saturated carbocycles. The van der Waals surface area contributed by atoms with E-state index in [2.05, 4.69) is 23.7 Å². The molecule has 1 aromatic rings. The highest BCUT2D eigenvalue weighted by Crippen LogP contribution is 2.22. The van der Waals surface area contributed by atoms with Gasteiger partial charge >= 0.3 is 0 Å². The third kappa shape index (κ3) is 2.49. The highest BCUT2D eigenvalue weighted by atomic mass is 16.1. The molecule has 1 aliphatic heterocycles. The quantitative estimate of drug-likeness (QED) is 0.845. The van der Waals surface area contributed by atoms with Gasteiger partial charge in [-0.1, -0.05) is 13.8 Å². The fourth-order valence-corrected chi connectivity index (χ4v) is 2.84. The molecule has 2 heterocycles. The number of aryl methyl sites for hydroxylation is 1. The smallest absolute Gasteiger partial charge is 0.252 e. The third-order valence-electron chi connectivity index (χ3n) is 3.64. The number of fused-ring (bicyclic) bond motifs is 1. The molecule has 1 aromatic heterocycles. The van der Waals surface area contributed by atoms with Crippen molar-refractivity contribution < 1.29 is 0 Å². The Morgan fingerprint density at radius 3 is 2.72 bits per heavy atom. The number of hydrogen-bond donors (Lipinski definition) is 2. The van der Waals surface area contributed by atoms with Crippen molar-refractivity contribution in [3.63, 3.8) is 0 Å². The molecule has 0 saturated heterocycles. The average molecular weight is 249 g/mol. The van der Waals surface area contributed by atoms with Crippen molar-refractivity contribution in [1.29, 1.82) is 0 Å². The second-order valence-electron chi connectivity index (χ2n) is 5.60. The Balaban J connectivity index is 2.35. The lowest BCUT2D eigenvalue weighted by Crippen LogP contribution is -2.36. The van der Waals surface area contributed by atoms with Gasteiger partial charge in [-0.15, -0.1) is 0 Å². The number of nitrogens with zero attached hydrogens (tertiary/aromatic N) is 1. The molecule has 0 atom stereocenters. The van der Waals surface area contributed by atoms with Crippen LogP contribution >= 0.6 is 0 Å². The minimum atomic E-state index is -0.00828. The maximum absolute atomic E-state index is 11.9. The SMILES string of the molecule is Cc1[nH]c(=O)c(CN)c2c1CN(CC(C)C)CC2. The molecule has 0 unspecified atom stereocenters. The number of H-pyrrole nitrogens is 1. The normalized spacial score (nSPS) is 16.1. The van der Waals surface area contributed by atoms with E-state index in [1.54, 1.807) is 0 Å². The highest BCUT2D eigenvalue weighted by Gasteiger charge is 2.22. The van der Waals surface area contributed by atoms with E-state index < -0.39 is 0 Å². The van der Waals surface area contributed by atoms with Crippen LogP contribution in [0.2, 0.25) is 0 Å². The lowest BCUT2D eigenvalue weighted by molar-refractivity contribution is 0.225. The maximum Gasteiger partial charge on any atom is 0.252 e. The number of nitrogens with two attached hydrogens (primary N) is 1. The Hall–Kier alpha value is -1.13. The van der Waals surface area contributed by atoms with Gasteiger partial charge in [0.05, 0.1) is 0 Å². The number of pyridine rings is 1. The Labute approximate surface area is 108 Å². The lowest BCUT2D eigenvalue weighted by Gasteiger charge is -2.31. The van der Waals surface area contributed by atoms with E-state index in [1.807, 2.05) is 6.92 Å². The zero-order valence-electron chi connectivity index (χ0n) is 11.5. The first-order chi connectivity index (χ1) is 8.52. The zero-order chi connectivity index (χ0) is 13.3. The first-order valence-electron chi connectivity index (χ1n) is 6.68. The molecule has 2 rings (SSSR count). The summed E-state index contributed by atoms with van der Waals surface area (Å²) in [6, 6.07) is 0. The number of aromatic nitrogens is 1. The summed E-state index contributed by atoms with van der Waals surface area (Å²) < 4.78 is 0. The van der Waals surface area contributed by atoms with Crippen molar-refractivity contribution in [2.24, 2.45) is 11.7 Å². The van der Waals surface area contributed by atoms with Gasteiger partial charge in [-0.2, -0.15) is 0 Å². The largest absolute Gasteiger partial charge is 0.326 e. The van der Waals surface area contributed by atoms with Crippen LogP contribution in [-0.2, 0) is 19.5 Å². The molecule has 0 fully saturated rings. The number of hydrogen-bond acceptors (Lipinski definition) is 3. The Morgan fingerprint density at radius 2 is 2.11 bits per heavy atom. The van der Waals surface area contributed by atoms with Crippen LogP contribution in [0.4, 0.5) is 0 Å². The topological polar surface area (TPSA) is 62.1 Å². The van der Waals surface area contributed by atoms with Crippen LogP contribution in [0.3, 0.4) is 0 Å². The van der Waals surface area contributed by atoms with Gasteiger partial charge in [0.25, 0.3) is 5.56 Å². The summed E-state index contributed by atoms with van der Waals surface area (Å²) >= 11 is 0. The predicted octanol–water partition coefficient (Wildman–Crippen LogP) is 1.16. The monoisotopic (exact) mass is 249 g/mol. The van der Waals surface area contributed by atoms with Crippen molar-refractivity contribution in [3.8, 4) is 0 Å². The first-order valence-corrected chi connectivity index (χ1v) is 6.68. The van der Waals surface area contributed by atoms with E-state index in [-0.39, 0.29) is 5.56 Å². The molecule has 100 valence electrons. The van der Waals surface area contributed by atoms with Gasteiger partial charge in [0.15, 0.2) is 0 Å². The second-order valence-corrected chi connectivity index (χ2v) is 5.60. The number of rotatable bonds is 3. The number of nitrogens with one attached hydrogen (secondary N) is 1. The lowest BCUT2D eigenvalue weighted by atomic mass is 9.94. The van der Waals surface area contributed by atoms with E-state index in [9.17, 15) is 4.79 Å². The van der Waals surface area contributed by atoms with Crippen LogP contribution in [0.5, 0.6) is 0 Å². The maximum atomic E-state index is 11.9. The first kappa shape index (κ1) is 13.3. The van der Waals surface area contributed by atoms with Crippen molar-refractivity contribution in [2.75, 3.05) is 13.1 Å². The molecule has 4 heteroatoms. The van der Waals surface area contributed by atoms with Crippen LogP contribution in [0.25, 0.3) is 0 Å². The summed E-state index contributed by atoms with van der Waals surface area (Å²) in [6.07, 6.45) is 0.944. The van der Waals surface area contributed by atoms with Crippen LogP contribution in [0, 0.1) is 12.8 Å². The summed E-state index contributed by atoms with van der Waals surface area (Å²) in [5, 5.41) is 0. The summed E-state index contributed by atoms with van der Waals surface area (Å²) in [5.74, 6) is 0.670. The Bertz CT molecular complexity index is 491. The van der Waals surface area contributed by atoms with Crippen molar-refractivity contribution in [2.45, 2.75) is 40.3 Å². The fraction of sp³-hybridized carbons (Fsp3) is 0.643. The molecular weight excluding hydrogens is 226 g/mol. The zero-order valence-corrected chi connectivity index (χ0v) is 11.5. The fourth-order valence-electron chi connectivity index (χ4n) is 2.84. The average Bonchev–Trinajstić information content (AvgIpc) is 2.29. The molecule has 0 aliphatic carbocycles. The third-order valence-corrected chi connectivity index (χ3v) is 3.64. The van der Waals surface area contributed by atoms with Gasteiger partial charge in [-0.25, -0.2) is 0 Å². The summed E-state index contributed by atoms with van der Waals surface area (Å²) in [4.78, 5) is 17.2. The van der Waals surface area contributed by atoms with E-state index in [0.29, 0.717) is 12.5 Å². The molecule has 3 N–H and O–H groups in total. The molecule has 0 amide bonds. The molecule has 0 radical (unpaired) electrons. The van der Waals surface area contributed by atoms with Gasteiger partial charge in [0, 0.05) is 37.4 Å². The van der Waals surface area contributed by atoms with Crippen LogP contribution in [-0.4, -0.2) is 23.0 Å². The van der Waals surface area contributed by atoms with E-state index in [4.69, 9.17) is 5.73 Å². The number of aromatic amines is 1. The standard InChI is InChI=1S/C14H23N3O/c1-9(2)7-17-5-4-11-12(6-15)14(18)16-10(3)13(11)8-17/h9H,4-8,15H2,1-3H3,(H,16,18). The molecule has 0 bridgehead atoms. The molecule has 0 spiro atoms. The van der Waals surface area contributed by atoms with E-state index >= 15 is 0 Å². The van der Waals surface area contributed by atoms with Crippen LogP contribution in [0.15, 0.2) is 4.79 Å². The summed E-state index contributed by atoms with van der Waals surface area (Å²) in [6.45, 7) is 9.86. The van der Waals surface area contributed by atoms with Crippen LogP contribution in [0.1, 0.15) is 36.2 Å². The van der Waals surface area contributed by atoms with Gasteiger partial charge < -0.3 is 10.7 Å². The summed E-state index contributed by atoms with van der Waals surface area (Å²) in [7, 11) is 0. The Kier molecular flexibility index (Phi) is 3.88. The van der Waals surface area contributed by atoms with Crippen molar-refractivity contribution in [3.05, 3.63) is 32.7 Å². The van der Waals surface area contributed by atoms with Gasteiger partial charge in [0.1, 0.15) is 0 Å². The minimum absolute atomic E-state index is 0.00828. The molecule has 0 aromatic carbocycles. The van der Waals surface area contributed by atoms with Crippen molar-refractivity contribution in [1.82, 2.24) is 9.88 Å². The van der Waals surface area contributed by atoms with Gasteiger partial charge in [-0.3, -0.25) is 9.69 Å².